The minimum atomic E-state index is -0.0445. The fourth-order valence-electron chi connectivity index (χ4n) is 2.71. The first kappa shape index (κ1) is 19.9. The Hall–Kier alpha value is -2.80. The van der Waals surface area contributed by atoms with Crippen LogP contribution in [-0.4, -0.2) is 39.6 Å². The van der Waals surface area contributed by atoms with E-state index in [2.05, 4.69) is 39.1 Å². The minimum absolute atomic E-state index is 0.0445. The van der Waals surface area contributed by atoms with E-state index < -0.39 is 0 Å². The monoisotopic (exact) mass is 396 g/mol. The van der Waals surface area contributed by atoms with Crippen LogP contribution in [0.1, 0.15) is 18.3 Å². The Bertz CT molecular complexity index is 869. The van der Waals surface area contributed by atoms with Gasteiger partial charge in [0, 0.05) is 13.0 Å². The highest BCUT2D eigenvalue weighted by Gasteiger charge is 2.13. The highest BCUT2D eigenvalue weighted by Crippen LogP contribution is 2.18. The van der Waals surface area contributed by atoms with Crippen LogP contribution >= 0.6 is 11.8 Å². The van der Waals surface area contributed by atoms with Crippen LogP contribution in [0.2, 0.25) is 0 Å². The highest BCUT2D eigenvalue weighted by atomic mass is 32.2. The topological polar surface area (TPSA) is 69.0 Å². The molecule has 2 aromatic carbocycles. The summed E-state index contributed by atoms with van der Waals surface area (Å²) in [6.45, 7) is 3.73. The van der Waals surface area contributed by atoms with Gasteiger partial charge >= 0.3 is 0 Å². The molecule has 0 fully saturated rings. The zero-order valence-electron chi connectivity index (χ0n) is 15.9. The fraction of sp³-hybridized carbons (Fsp3) is 0.286. The summed E-state index contributed by atoms with van der Waals surface area (Å²) in [5.74, 6) is 1.97. The van der Waals surface area contributed by atoms with E-state index in [0.717, 1.165) is 29.7 Å². The number of hydrogen-bond acceptors (Lipinski definition) is 5. The first-order chi connectivity index (χ1) is 13.8. The van der Waals surface area contributed by atoms with Crippen molar-refractivity contribution in [3.63, 3.8) is 0 Å². The van der Waals surface area contributed by atoms with Gasteiger partial charge in [0.1, 0.15) is 18.2 Å². The van der Waals surface area contributed by atoms with E-state index in [4.69, 9.17) is 4.74 Å². The van der Waals surface area contributed by atoms with Crippen LogP contribution in [0.25, 0.3) is 0 Å². The summed E-state index contributed by atoms with van der Waals surface area (Å²) < 4.78 is 7.63. The number of nitrogens with one attached hydrogen (secondary N) is 1. The van der Waals surface area contributed by atoms with Crippen molar-refractivity contribution in [1.82, 2.24) is 20.1 Å². The van der Waals surface area contributed by atoms with Gasteiger partial charge in [-0.3, -0.25) is 4.79 Å². The summed E-state index contributed by atoms with van der Waals surface area (Å²) in [7, 11) is 0. The van der Waals surface area contributed by atoms with Gasteiger partial charge in [-0.15, -0.1) is 10.2 Å². The van der Waals surface area contributed by atoms with Crippen molar-refractivity contribution < 1.29 is 9.53 Å². The molecule has 1 N–H and O–H groups in total. The summed E-state index contributed by atoms with van der Waals surface area (Å²) in [5, 5.41) is 12.2. The first-order valence-electron chi connectivity index (χ1n) is 9.29. The van der Waals surface area contributed by atoms with Crippen LogP contribution < -0.4 is 10.1 Å². The second kappa shape index (κ2) is 10.5. The van der Waals surface area contributed by atoms with Gasteiger partial charge < -0.3 is 14.6 Å². The minimum Gasteiger partial charge on any atom is -0.492 e. The maximum atomic E-state index is 12.1. The number of thioether (sulfide) groups is 1. The lowest BCUT2D eigenvalue weighted by Gasteiger charge is -2.09. The van der Waals surface area contributed by atoms with E-state index in [1.54, 1.807) is 0 Å². The Morgan fingerprint density at radius 2 is 1.79 bits per heavy atom. The van der Waals surface area contributed by atoms with Crippen LogP contribution in [0.15, 0.2) is 65.8 Å². The lowest BCUT2D eigenvalue weighted by molar-refractivity contribution is -0.118. The number of ether oxygens (including phenoxy) is 1. The summed E-state index contributed by atoms with van der Waals surface area (Å²) in [6.07, 6.45) is 0.727. The Labute approximate surface area is 169 Å². The molecule has 0 saturated carbocycles. The summed E-state index contributed by atoms with van der Waals surface area (Å²) >= 11 is 1.40. The van der Waals surface area contributed by atoms with Gasteiger partial charge in [-0.25, -0.2) is 0 Å². The normalized spacial score (nSPS) is 10.6. The second-order valence-corrected chi connectivity index (χ2v) is 7.05. The molecule has 0 spiro atoms. The highest BCUT2D eigenvalue weighted by molar-refractivity contribution is 7.99. The molecule has 7 heteroatoms. The van der Waals surface area contributed by atoms with Crippen molar-refractivity contribution in [1.29, 1.82) is 0 Å². The number of amides is 1. The number of para-hydroxylation sites is 1. The van der Waals surface area contributed by atoms with Crippen LogP contribution in [0.4, 0.5) is 0 Å². The Kier molecular flexibility index (Phi) is 7.49. The number of carbonyl (C=O) groups is 1. The van der Waals surface area contributed by atoms with Gasteiger partial charge in [0.05, 0.1) is 12.3 Å². The molecule has 1 aromatic heterocycles. The molecule has 1 amide bonds. The lowest BCUT2D eigenvalue weighted by atomic mass is 10.1. The molecular weight excluding hydrogens is 372 g/mol. The number of carbonyl (C=O) groups excluding carboxylic acids is 1. The summed E-state index contributed by atoms with van der Waals surface area (Å²) in [4.78, 5) is 12.1. The Morgan fingerprint density at radius 1 is 1.07 bits per heavy atom. The number of rotatable bonds is 10. The van der Waals surface area contributed by atoms with Gasteiger partial charge in [0.15, 0.2) is 5.16 Å². The van der Waals surface area contributed by atoms with Crippen LogP contribution in [0, 0.1) is 0 Å². The van der Waals surface area contributed by atoms with E-state index >= 15 is 0 Å². The molecule has 3 rings (SSSR count). The van der Waals surface area contributed by atoms with E-state index in [9.17, 15) is 4.79 Å². The predicted molar refractivity (Wildman–Crippen MR) is 111 cm³/mol. The lowest BCUT2D eigenvalue weighted by Crippen LogP contribution is -2.29. The third-order valence-corrected chi connectivity index (χ3v) is 5.05. The molecule has 146 valence electrons. The van der Waals surface area contributed by atoms with Gasteiger partial charge in [-0.1, -0.05) is 60.3 Å². The van der Waals surface area contributed by atoms with Crippen molar-refractivity contribution in [2.24, 2.45) is 0 Å². The maximum absolute atomic E-state index is 12.1. The quantitative estimate of drug-likeness (QED) is 0.421. The number of aromatic nitrogens is 3. The van der Waals surface area contributed by atoms with Gasteiger partial charge in [0.2, 0.25) is 5.91 Å². The van der Waals surface area contributed by atoms with Crippen LogP contribution in [-0.2, 0) is 17.8 Å². The predicted octanol–water partition coefficient (Wildman–Crippen LogP) is 3.18. The largest absolute Gasteiger partial charge is 0.492 e. The number of benzene rings is 2. The third-order valence-electron chi connectivity index (χ3n) is 4.08. The molecule has 0 aliphatic heterocycles. The third kappa shape index (κ3) is 5.85. The molecule has 3 aromatic rings. The first-order valence-corrected chi connectivity index (χ1v) is 10.3. The molecule has 1 heterocycles. The van der Waals surface area contributed by atoms with Crippen molar-refractivity contribution in [3.8, 4) is 5.75 Å². The van der Waals surface area contributed by atoms with Gasteiger partial charge in [0.25, 0.3) is 0 Å². The van der Waals surface area contributed by atoms with E-state index in [-0.39, 0.29) is 5.91 Å². The molecule has 0 saturated heterocycles. The Balaban J connectivity index is 1.44. The average Bonchev–Trinajstić information content (AvgIpc) is 3.12. The number of nitrogens with zero attached hydrogens (tertiary/aromatic N) is 3. The molecule has 0 bridgehead atoms. The molecule has 0 unspecified atom stereocenters. The fourth-order valence-corrected chi connectivity index (χ4v) is 3.56. The van der Waals surface area contributed by atoms with E-state index in [1.165, 1.54) is 17.3 Å². The summed E-state index contributed by atoms with van der Waals surface area (Å²) in [5.41, 5.74) is 1.19. The average molecular weight is 397 g/mol. The van der Waals surface area contributed by atoms with Crippen molar-refractivity contribution >= 4 is 17.7 Å². The van der Waals surface area contributed by atoms with E-state index in [0.29, 0.717) is 18.9 Å². The Morgan fingerprint density at radius 3 is 2.50 bits per heavy atom. The van der Waals surface area contributed by atoms with Crippen molar-refractivity contribution in [3.05, 3.63) is 72.1 Å². The van der Waals surface area contributed by atoms with Crippen LogP contribution in [0.5, 0.6) is 5.75 Å². The SMILES string of the molecule is CCn1c(Cc2ccccc2)nnc1SCC(=O)NCCOc1ccccc1. The van der Waals surface area contributed by atoms with Gasteiger partial charge in [-0.05, 0) is 24.6 Å². The van der Waals surface area contributed by atoms with Crippen molar-refractivity contribution in [2.45, 2.75) is 25.0 Å². The van der Waals surface area contributed by atoms with Crippen molar-refractivity contribution in [2.75, 3.05) is 18.9 Å². The molecule has 0 aliphatic carbocycles. The molecule has 0 atom stereocenters. The standard InChI is InChI=1S/C21H24N4O2S/c1-2-25-19(15-17-9-5-3-6-10-17)23-24-21(25)28-16-20(26)22-13-14-27-18-11-7-4-8-12-18/h3-12H,2,13-16H2,1H3,(H,22,26). The molecule has 6 nitrogen and oxygen atoms in total. The van der Waals surface area contributed by atoms with Crippen LogP contribution in [0.3, 0.4) is 0 Å². The van der Waals surface area contributed by atoms with Gasteiger partial charge in [-0.2, -0.15) is 0 Å². The molecule has 28 heavy (non-hydrogen) atoms. The molecule has 0 aliphatic rings. The second-order valence-electron chi connectivity index (χ2n) is 6.11. The smallest absolute Gasteiger partial charge is 0.230 e. The molecular formula is C21H24N4O2S. The maximum Gasteiger partial charge on any atom is 0.230 e. The van der Waals surface area contributed by atoms with E-state index in [1.807, 2.05) is 48.5 Å². The summed E-state index contributed by atoms with van der Waals surface area (Å²) in [6, 6.07) is 19.7. The zero-order chi connectivity index (χ0) is 19.6. The number of hydrogen-bond donors (Lipinski definition) is 1. The molecule has 0 radical (unpaired) electrons. The zero-order valence-corrected chi connectivity index (χ0v) is 16.7.